The number of amidine groups is 2. The molecule has 1 saturated heterocycles. The maximum Gasteiger partial charge on any atom is 0.168 e. The maximum atomic E-state index is 9.92. The molecule has 3 rings (SSSR count). The smallest absolute Gasteiger partial charge is 0.168 e. The van der Waals surface area contributed by atoms with Gasteiger partial charge in [-0.2, -0.15) is 5.10 Å². The highest BCUT2D eigenvalue weighted by Gasteiger charge is 2.23. The lowest BCUT2D eigenvalue weighted by atomic mass is 10.2. The van der Waals surface area contributed by atoms with Crippen LogP contribution in [-0.2, 0) is 0 Å². The fourth-order valence-electron chi connectivity index (χ4n) is 3.51. The van der Waals surface area contributed by atoms with E-state index in [1.807, 2.05) is 19.1 Å². The van der Waals surface area contributed by atoms with E-state index in [2.05, 4.69) is 45.1 Å². The fourth-order valence-corrected chi connectivity index (χ4v) is 3.51. The number of rotatable bonds is 4. The van der Waals surface area contributed by atoms with Crippen molar-refractivity contribution in [3.05, 3.63) is 29.6 Å². The standard InChI is InChI=1S/C20H29N7O/c1-13-7-8-16-17(12-13)25-20(24-16)18(19(21-3)26-22-4)23-14(2)27-10-5-6-15(28)9-11-27/h7-8,12,15,18,28H,4-6,9-11H2,1-3H3,(H,21,26)(H,24,25). The number of likely N-dealkylation sites (tertiary alicyclic amines) is 1. The van der Waals surface area contributed by atoms with Crippen molar-refractivity contribution in [2.24, 2.45) is 15.1 Å². The molecule has 0 radical (unpaired) electrons. The van der Waals surface area contributed by atoms with Gasteiger partial charge in [0, 0.05) is 26.9 Å². The average Bonchev–Trinajstić information content (AvgIpc) is 2.96. The monoisotopic (exact) mass is 383 g/mol. The molecule has 1 aromatic heterocycles. The van der Waals surface area contributed by atoms with Crippen molar-refractivity contribution >= 4 is 29.4 Å². The van der Waals surface area contributed by atoms with Gasteiger partial charge in [0.05, 0.1) is 23.0 Å². The quantitative estimate of drug-likeness (QED) is 0.429. The maximum absolute atomic E-state index is 9.92. The molecule has 3 N–H and O–H groups in total. The van der Waals surface area contributed by atoms with Crippen LogP contribution >= 0.6 is 0 Å². The molecule has 2 heterocycles. The zero-order valence-corrected chi connectivity index (χ0v) is 16.8. The molecule has 0 amide bonds. The molecule has 28 heavy (non-hydrogen) atoms. The Kier molecular flexibility index (Phi) is 6.41. The SMILES string of the molecule is C=NNC(=NC)C(N=C(C)N1CCCC(O)CC1)c1nc2ccc(C)cc2[nH]1. The Morgan fingerprint density at radius 1 is 1.39 bits per heavy atom. The van der Waals surface area contributed by atoms with E-state index >= 15 is 0 Å². The molecule has 2 unspecified atom stereocenters. The predicted octanol–water partition coefficient (Wildman–Crippen LogP) is 2.41. The molecule has 1 aliphatic heterocycles. The van der Waals surface area contributed by atoms with Crippen molar-refractivity contribution in [3.8, 4) is 0 Å². The van der Waals surface area contributed by atoms with E-state index in [1.165, 1.54) is 0 Å². The van der Waals surface area contributed by atoms with Gasteiger partial charge in [0.2, 0.25) is 0 Å². The first-order valence-corrected chi connectivity index (χ1v) is 9.64. The van der Waals surface area contributed by atoms with E-state index in [1.54, 1.807) is 7.05 Å². The third-order valence-corrected chi connectivity index (χ3v) is 5.08. The second kappa shape index (κ2) is 8.97. The van der Waals surface area contributed by atoms with Gasteiger partial charge < -0.3 is 15.0 Å². The molecule has 2 atom stereocenters. The van der Waals surface area contributed by atoms with Crippen LogP contribution in [0.1, 0.15) is 43.6 Å². The van der Waals surface area contributed by atoms with Crippen LogP contribution < -0.4 is 5.43 Å². The molecule has 1 aliphatic rings. The number of H-pyrrole nitrogens is 1. The number of hydrogen-bond acceptors (Lipinski definition) is 5. The molecule has 0 spiro atoms. The molecule has 0 bridgehead atoms. The minimum Gasteiger partial charge on any atom is -0.393 e. The number of fused-ring (bicyclic) bond motifs is 1. The largest absolute Gasteiger partial charge is 0.393 e. The van der Waals surface area contributed by atoms with Crippen LogP contribution in [0.15, 0.2) is 33.3 Å². The summed E-state index contributed by atoms with van der Waals surface area (Å²) in [4.78, 5) is 19.6. The van der Waals surface area contributed by atoms with Crippen molar-refractivity contribution in [2.45, 2.75) is 45.3 Å². The lowest BCUT2D eigenvalue weighted by Gasteiger charge is -2.24. The number of aliphatic imine (C=N–C) groups is 2. The van der Waals surface area contributed by atoms with Crippen molar-refractivity contribution < 1.29 is 5.11 Å². The third kappa shape index (κ3) is 4.56. The number of aliphatic hydroxyl groups excluding tert-OH is 1. The number of nitrogens with one attached hydrogen (secondary N) is 2. The summed E-state index contributed by atoms with van der Waals surface area (Å²) in [5, 5.41) is 13.7. The summed E-state index contributed by atoms with van der Waals surface area (Å²) < 4.78 is 0. The molecule has 2 aromatic rings. The number of hydrazone groups is 1. The molecule has 8 heteroatoms. The second-order valence-corrected chi connectivity index (χ2v) is 7.17. The summed E-state index contributed by atoms with van der Waals surface area (Å²) >= 11 is 0. The van der Waals surface area contributed by atoms with E-state index in [0.29, 0.717) is 11.7 Å². The minimum absolute atomic E-state index is 0.230. The molecular weight excluding hydrogens is 354 g/mol. The second-order valence-electron chi connectivity index (χ2n) is 7.17. The highest BCUT2D eigenvalue weighted by atomic mass is 16.3. The van der Waals surface area contributed by atoms with Crippen molar-refractivity contribution in [1.29, 1.82) is 0 Å². The third-order valence-electron chi connectivity index (χ3n) is 5.08. The van der Waals surface area contributed by atoms with Crippen LogP contribution in [-0.4, -0.2) is 64.6 Å². The van der Waals surface area contributed by atoms with Gasteiger partial charge >= 0.3 is 0 Å². The Morgan fingerprint density at radius 2 is 2.21 bits per heavy atom. The lowest BCUT2D eigenvalue weighted by Crippen LogP contribution is -2.33. The first-order valence-electron chi connectivity index (χ1n) is 9.64. The summed E-state index contributed by atoms with van der Waals surface area (Å²) in [5.41, 5.74) is 5.87. The van der Waals surface area contributed by atoms with Gasteiger partial charge in [-0.15, -0.1) is 0 Å². The van der Waals surface area contributed by atoms with Crippen molar-refractivity contribution in [3.63, 3.8) is 0 Å². The zero-order chi connectivity index (χ0) is 20.1. The number of aromatic nitrogens is 2. The first kappa shape index (κ1) is 20.0. The van der Waals surface area contributed by atoms with Crippen LogP contribution in [0.5, 0.6) is 0 Å². The number of benzene rings is 1. The number of aliphatic hydroxyl groups is 1. The van der Waals surface area contributed by atoms with Crippen LogP contribution in [0, 0.1) is 6.92 Å². The van der Waals surface area contributed by atoms with Gasteiger partial charge in [0.1, 0.15) is 11.7 Å². The lowest BCUT2D eigenvalue weighted by molar-refractivity contribution is 0.159. The molecule has 1 aromatic carbocycles. The van der Waals surface area contributed by atoms with Gasteiger partial charge in [0.15, 0.2) is 6.04 Å². The Hall–Kier alpha value is -2.74. The predicted molar refractivity (Wildman–Crippen MR) is 114 cm³/mol. The van der Waals surface area contributed by atoms with Crippen LogP contribution in [0.25, 0.3) is 11.0 Å². The Bertz CT molecular complexity index is 886. The summed E-state index contributed by atoms with van der Waals surface area (Å²) in [6.45, 7) is 9.22. The number of hydrogen-bond donors (Lipinski definition) is 3. The normalized spacial score (nSPS) is 20.1. The summed E-state index contributed by atoms with van der Waals surface area (Å²) in [6.07, 6.45) is 2.30. The minimum atomic E-state index is -0.448. The van der Waals surface area contributed by atoms with Crippen LogP contribution in [0.3, 0.4) is 0 Å². The van der Waals surface area contributed by atoms with E-state index < -0.39 is 6.04 Å². The highest BCUT2D eigenvalue weighted by Crippen LogP contribution is 2.22. The van der Waals surface area contributed by atoms with Crippen molar-refractivity contribution in [2.75, 3.05) is 20.1 Å². The van der Waals surface area contributed by atoms with E-state index in [9.17, 15) is 5.11 Å². The molecular formula is C20H29N7O. The number of aromatic amines is 1. The Morgan fingerprint density at radius 3 is 2.96 bits per heavy atom. The van der Waals surface area contributed by atoms with Crippen LogP contribution in [0.4, 0.5) is 0 Å². The van der Waals surface area contributed by atoms with Gasteiger partial charge in [-0.25, -0.2) is 4.98 Å². The topological polar surface area (TPSA) is 101 Å². The number of aryl methyl sites for hydroxylation is 1. The number of nitrogens with zero attached hydrogens (tertiary/aromatic N) is 5. The molecule has 0 saturated carbocycles. The number of imidazole rings is 1. The van der Waals surface area contributed by atoms with Crippen LogP contribution in [0.2, 0.25) is 0 Å². The first-order chi connectivity index (χ1) is 13.5. The zero-order valence-electron chi connectivity index (χ0n) is 16.8. The van der Waals surface area contributed by atoms with E-state index in [4.69, 9.17) is 9.98 Å². The van der Waals surface area contributed by atoms with E-state index in [0.717, 1.165) is 54.8 Å². The molecule has 1 fully saturated rings. The Labute approximate surface area is 165 Å². The van der Waals surface area contributed by atoms with Gasteiger partial charge in [-0.1, -0.05) is 6.07 Å². The van der Waals surface area contributed by atoms with Gasteiger partial charge in [-0.05, 0) is 50.8 Å². The van der Waals surface area contributed by atoms with Gasteiger partial charge in [-0.3, -0.25) is 15.4 Å². The van der Waals surface area contributed by atoms with E-state index in [-0.39, 0.29) is 6.10 Å². The van der Waals surface area contributed by atoms with Crippen molar-refractivity contribution in [1.82, 2.24) is 20.3 Å². The average molecular weight is 384 g/mol. The summed E-state index contributed by atoms with van der Waals surface area (Å²) in [6, 6.07) is 5.65. The summed E-state index contributed by atoms with van der Waals surface area (Å²) in [7, 11) is 1.69. The highest BCUT2D eigenvalue weighted by molar-refractivity contribution is 5.92. The Balaban J connectivity index is 1.97. The molecule has 150 valence electrons. The summed E-state index contributed by atoms with van der Waals surface area (Å²) in [5.74, 6) is 2.16. The van der Waals surface area contributed by atoms with Gasteiger partial charge in [0.25, 0.3) is 0 Å². The fraction of sp³-hybridized carbons (Fsp3) is 0.500. The molecule has 8 nitrogen and oxygen atoms in total. The molecule has 0 aliphatic carbocycles.